The molecule has 0 atom stereocenters. The predicted octanol–water partition coefficient (Wildman–Crippen LogP) is 3.71. The Kier molecular flexibility index (Phi) is 2.66. The van der Waals surface area contributed by atoms with Crippen molar-refractivity contribution in [1.82, 2.24) is 0 Å². The number of hydrogen-bond acceptors (Lipinski definition) is 0. The molecule has 0 saturated carbocycles. The molecule has 1 aromatic rings. The Morgan fingerprint density at radius 2 is 2.00 bits per heavy atom. The second-order valence-corrected chi connectivity index (χ2v) is 3.67. The SMILES string of the molecule is CC(C)c1ccc(F)cc1Br. The highest BCUT2D eigenvalue weighted by Gasteiger charge is 2.04. The van der Waals surface area contributed by atoms with Gasteiger partial charge in [0.25, 0.3) is 0 Å². The van der Waals surface area contributed by atoms with Crippen LogP contribution in [0, 0.1) is 5.82 Å². The number of halogens is 2. The Balaban J connectivity index is 3.09. The topological polar surface area (TPSA) is 0 Å². The van der Waals surface area contributed by atoms with Gasteiger partial charge in [-0.1, -0.05) is 35.8 Å². The van der Waals surface area contributed by atoms with Crippen molar-refractivity contribution in [3.05, 3.63) is 34.1 Å². The summed E-state index contributed by atoms with van der Waals surface area (Å²) in [4.78, 5) is 0. The number of benzene rings is 1. The predicted molar refractivity (Wildman–Crippen MR) is 48.2 cm³/mol. The highest BCUT2D eigenvalue weighted by atomic mass is 79.9. The molecule has 0 aliphatic carbocycles. The minimum atomic E-state index is -0.193. The Morgan fingerprint density at radius 3 is 2.45 bits per heavy atom. The monoisotopic (exact) mass is 216 g/mol. The summed E-state index contributed by atoms with van der Waals surface area (Å²) in [6, 6.07) is 4.79. The first kappa shape index (κ1) is 8.72. The van der Waals surface area contributed by atoms with Gasteiger partial charge < -0.3 is 0 Å². The maximum atomic E-state index is 12.6. The van der Waals surface area contributed by atoms with Crippen LogP contribution < -0.4 is 0 Å². The molecular weight excluding hydrogens is 207 g/mol. The van der Waals surface area contributed by atoms with Crippen LogP contribution in [-0.4, -0.2) is 0 Å². The highest BCUT2D eigenvalue weighted by molar-refractivity contribution is 9.10. The Morgan fingerprint density at radius 1 is 1.36 bits per heavy atom. The van der Waals surface area contributed by atoms with Crippen LogP contribution in [-0.2, 0) is 0 Å². The minimum Gasteiger partial charge on any atom is -0.207 e. The molecule has 0 N–H and O–H groups in total. The van der Waals surface area contributed by atoms with Crippen molar-refractivity contribution in [3.63, 3.8) is 0 Å². The fraction of sp³-hybridized carbons (Fsp3) is 0.333. The maximum absolute atomic E-state index is 12.6. The van der Waals surface area contributed by atoms with Gasteiger partial charge in [0, 0.05) is 4.47 Å². The van der Waals surface area contributed by atoms with Crippen molar-refractivity contribution in [3.8, 4) is 0 Å². The molecular formula is C9H10BrF. The van der Waals surface area contributed by atoms with E-state index in [-0.39, 0.29) is 5.82 Å². The van der Waals surface area contributed by atoms with Gasteiger partial charge in [-0.15, -0.1) is 0 Å². The average molecular weight is 217 g/mol. The Labute approximate surface area is 74.6 Å². The van der Waals surface area contributed by atoms with Gasteiger partial charge in [0.1, 0.15) is 5.82 Å². The summed E-state index contributed by atoms with van der Waals surface area (Å²) in [5, 5.41) is 0. The molecule has 0 nitrogen and oxygen atoms in total. The van der Waals surface area contributed by atoms with Gasteiger partial charge in [-0.25, -0.2) is 4.39 Å². The van der Waals surface area contributed by atoms with Crippen LogP contribution in [0.4, 0.5) is 4.39 Å². The third-order valence-corrected chi connectivity index (χ3v) is 2.27. The van der Waals surface area contributed by atoms with Crippen LogP contribution in [0.25, 0.3) is 0 Å². The molecule has 0 unspecified atom stereocenters. The summed E-state index contributed by atoms with van der Waals surface area (Å²) in [5.74, 6) is 0.242. The van der Waals surface area contributed by atoms with E-state index in [1.165, 1.54) is 12.1 Å². The van der Waals surface area contributed by atoms with Crippen molar-refractivity contribution in [2.45, 2.75) is 19.8 Å². The summed E-state index contributed by atoms with van der Waals surface area (Å²) in [6.07, 6.45) is 0. The van der Waals surface area contributed by atoms with E-state index in [9.17, 15) is 4.39 Å². The van der Waals surface area contributed by atoms with E-state index < -0.39 is 0 Å². The van der Waals surface area contributed by atoms with Crippen molar-refractivity contribution < 1.29 is 4.39 Å². The summed E-state index contributed by atoms with van der Waals surface area (Å²) in [6.45, 7) is 4.16. The Bertz CT molecular complexity index is 256. The van der Waals surface area contributed by atoms with Gasteiger partial charge in [-0.05, 0) is 23.6 Å². The molecule has 0 amide bonds. The lowest BCUT2D eigenvalue weighted by Gasteiger charge is -2.06. The van der Waals surface area contributed by atoms with E-state index in [2.05, 4.69) is 29.8 Å². The van der Waals surface area contributed by atoms with E-state index in [1.807, 2.05) is 6.07 Å². The van der Waals surface area contributed by atoms with Gasteiger partial charge in [0.15, 0.2) is 0 Å². The number of hydrogen-bond donors (Lipinski definition) is 0. The largest absolute Gasteiger partial charge is 0.207 e. The third kappa shape index (κ3) is 2.03. The van der Waals surface area contributed by atoms with E-state index >= 15 is 0 Å². The first-order valence-electron chi connectivity index (χ1n) is 3.56. The summed E-state index contributed by atoms with van der Waals surface area (Å²) in [5.41, 5.74) is 1.14. The molecule has 0 radical (unpaired) electrons. The molecule has 0 aliphatic rings. The molecule has 0 spiro atoms. The zero-order valence-corrected chi connectivity index (χ0v) is 8.15. The molecule has 0 aliphatic heterocycles. The lowest BCUT2D eigenvalue weighted by Crippen LogP contribution is -1.89. The number of rotatable bonds is 1. The lowest BCUT2D eigenvalue weighted by molar-refractivity contribution is 0.625. The van der Waals surface area contributed by atoms with Crippen LogP contribution >= 0.6 is 15.9 Å². The van der Waals surface area contributed by atoms with Crippen LogP contribution in [0.15, 0.2) is 22.7 Å². The fourth-order valence-electron chi connectivity index (χ4n) is 0.970. The lowest BCUT2D eigenvalue weighted by atomic mass is 10.0. The first-order chi connectivity index (χ1) is 5.11. The standard InChI is InChI=1S/C9H10BrF/c1-6(2)8-4-3-7(11)5-9(8)10/h3-6H,1-2H3. The van der Waals surface area contributed by atoms with Crippen LogP contribution in [0.2, 0.25) is 0 Å². The van der Waals surface area contributed by atoms with Crippen LogP contribution in [0.3, 0.4) is 0 Å². The van der Waals surface area contributed by atoms with Crippen molar-refractivity contribution in [2.24, 2.45) is 0 Å². The molecule has 60 valence electrons. The normalized spacial score (nSPS) is 10.6. The maximum Gasteiger partial charge on any atom is 0.124 e. The van der Waals surface area contributed by atoms with Gasteiger partial charge in [0.2, 0.25) is 0 Å². The fourth-order valence-corrected chi connectivity index (χ4v) is 1.78. The van der Waals surface area contributed by atoms with E-state index in [4.69, 9.17) is 0 Å². The minimum absolute atomic E-state index is 0.193. The molecule has 1 rings (SSSR count). The van der Waals surface area contributed by atoms with E-state index in [1.54, 1.807) is 0 Å². The molecule has 0 fully saturated rings. The van der Waals surface area contributed by atoms with E-state index in [0.29, 0.717) is 5.92 Å². The van der Waals surface area contributed by atoms with Gasteiger partial charge in [0.05, 0.1) is 0 Å². The highest BCUT2D eigenvalue weighted by Crippen LogP contribution is 2.24. The van der Waals surface area contributed by atoms with E-state index in [0.717, 1.165) is 10.0 Å². The summed E-state index contributed by atoms with van der Waals surface area (Å²) >= 11 is 3.31. The molecule has 2 heteroatoms. The van der Waals surface area contributed by atoms with Gasteiger partial charge in [-0.2, -0.15) is 0 Å². The zero-order valence-electron chi connectivity index (χ0n) is 6.57. The molecule has 0 heterocycles. The summed E-state index contributed by atoms with van der Waals surface area (Å²) < 4.78 is 13.4. The Hall–Kier alpha value is -0.370. The zero-order chi connectivity index (χ0) is 8.43. The van der Waals surface area contributed by atoms with Crippen LogP contribution in [0.5, 0.6) is 0 Å². The second kappa shape index (κ2) is 3.35. The van der Waals surface area contributed by atoms with Gasteiger partial charge >= 0.3 is 0 Å². The quantitative estimate of drug-likeness (QED) is 0.672. The first-order valence-corrected chi connectivity index (χ1v) is 4.35. The molecule has 0 bridgehead atoms. The third-order valence-electron chi connectivity index (χ3n) is 1.58. The second-order valence-electron chi connectivity index (χ2n) is 2.82. The van der Waals surface area contributed by atoms with Crippen LogP contribution in [0.1, 0.15) is 25.3 Å². The van der Waals surface area contributed by atoms with Crippen molar-refractivity contribution >= 4 is 15.9 Å². The van der Waals surface area contributed by atoms with Crippen molar-refractivity contribution in [2.75, 3.05) is 0 Å². The molecule has 0 aromatic heterocycles. The molecule has 0 saturated heterocycles. The average Bonchev–Trinajstić information content (AvgIpc) is 1.85. The van der Waals surface area contributed by atoms with Crippen molar-refractivity contribution in [1.29, 1.82) is 0 Å². The van der Waals surface area contributed by atoms with Gasteiger partial charge in [-0.3, -0.25) is 0 Å². The summed E-state index contributed by atoms with van der Waals surface area (Å²) in [7, 11) is 0. The molecule has 11 heavy (non-hydrogen) atoms. The molecule has 1 aromatic carbocycles. The smallest absolute Gasteiger partial charge is 0.124 e.